The molecular formula is C18H14N4O3S2. The zero-order chi connectivity index (χ0) is 19.4. The molecule has 0 unspecified atom stereocenters. The predicted octanol–water partition coefficient (Wildman–Crippen LogP) is 3.69. The SMILES string of the molecule is CC(C)Sc1nsc(NC(=O)/C(C#N)=C\c2coc3ccccc3c2=O)n1. The highest BCUT2D eigenvalue weighted by Crippen LogP contribution is 2.24. The normalized spacial score (nSPS) is 11.6. The maximum atomic E-state index is 12.5. The van der Waals surface area contributed by atoms with Gasteiger partial charge in [-0.15, -0.1) is 0 Å². The molecule has 0 saturated carbocycles. The van der Waals surface area contributed by atoms with Gasteiger partial charge in [-0.05, 0) is 18.2 Å². The van der Waals surface area contributed by atoms with Gasteiger partial charge >= 0.3 is 0 Å². The van der Waals surface area contributed by atoms with Crippen molar-refractivity contribution < 1.29 is 9.21 Å². The molecular weight excluding hydrogens is 384 g/mol. The minimum atomic E-state index is -0.665. The average Bonchev–Trinajstić information content (AvgIpc) is 3.07. The molecule has 136 valence electrons. The van der Waals surface area contributed by atoms with Gasteiger partial charge in [-0.2, -0.15) is 14.6 Å². The fourth-order valence-electron chi connectivity index (χ4n) is 2.18. The number of nitrogens with zero attached hydrogens (tertiary/aromatic N) is 3. The number of para-hydroxylation sites is 1. The molecule has 0 atom stereocenters. The quantitative estimate of drug-likeness (QED) is 0.396. The molecule has 0 aliphatic heterocycles. The summed E-state index contributed by atoms with van der Waals surface area (Å²) in [7, 11) is 0. The lowest BCUT2D eigenvalue weighted by Gasteiger charge is -2.01. The Morgan fingerprint density at radius 2 is 2.19 bits per heavy atom. The van der Waals surface area contributed by atoms with Crippen molar-refractivity contribution in [3.8, 4) is 6.07 Å². The van der Waals surface area contributed by atoms with E-state index in [2.05, 4.69) is 14.7 Å². The molecule has 0 saturated heterocycles. The summed E-state index contributed by atoms with van der Waals surface area (Å²) in [5.74, 6) is -0.665. The van der Waals surface area contributed by atoms with Crippen LogP contribution in [0.25, 0.3) is 17.0 Å². The molecule has 1 N–H and O–H groups in total. The topological polar surface area (TPSA) is 109 Å². The predicted molar refractivity (Wildman–Crippen MR) is 106 cm³/mol. The summed E-state index contributed by atoms with van der Waals surface area (Å²) in [6.45, 7) is 4.02. The Hall–Kier alpha value is -2.96. The van der Waals surface area contributed by atoms with E-state index in [4.69, 9.17) is 4.42 Å². The lowest BCUT2D eigenvalue weighted by molar-refractivity contribution is -0.112. The lowest BCUT2D eigenvalue weighted by Crippen LogP contribution is -2.14. The van der Waals surface area contributed by atoms with Crippen LogP contribution >= 0.6 is 23.3 Å². The molecule has 0 aliphatic carbocycles. The number of rotatable bonds is 5. The zero-order valence-electron chi connectivity index (χ0n) is 14.4. The smallest absolute Gasteiger partial charge is 0.268 e. The van der Waals surface area contributed by atoms with Gasteiger partial charge in [0.05, 0.1) is 10.9 Å². The van der Waals surface area contributed by atoms with E-state index in [1.807, 2.05) is 13.8 Å². The van der Waals surface area contributed by atoms with Crippen LogP contribution in [-0.2, 0) is 4.79 Å². The second-order valence-electron chi connectivity index (χ2n) is 5.69. The number of benzene rings is 1. The monoisotopic (exact) mass is 398 g/mol. The van der Waals surface area contributed by atoms with Crippen LogP contribution in [0.3, 0.4) is 0 Å². The van der Waals surface area contributed by atoms with E-state index in [1.165, 1.54) is 24.1 Å². The maximum Gasteiger partial charge on any atom is 0.268 e. The number of carbonyl (C=O) groups is 1. The van der Waals surface area contributed by atoms with Gasteiger partial charge in [-0.25, -0.2) is 0 Å². The van der Waals surface area contributed by atoms with Crippen LogP contribution in [0.15, 0.2) is 50.5 Å². The zero-order valence-corrected chi connectivity index (χ0v) is 16.1. The van der Waals surface area contributed by atoms with E-state index >= 15 is 0 Å². The molecule has 3 aromatic rings. The fraction of sp³-hybridized carbons (Fsp3) is 0.167. The highest BCUT2D eigenvalue weighted by atomic mass is 32.2. The first-order valence-electron chi connectivity index (χ1n) is 7.92. The van der Waals surface area contributed by atoms with Crippen molar-refractivity contribution in [1.82, 2.24) is 9.36 Å². The van der Waals surface area contributed by atoms with Gasteiger partial charge < -0.3 is 4.42 Å². The maximum absolute atomic E-state index is 12.5. The molecule has 0 spiro atoms. The first kappa shape index (κ1) is 18.8. The molecule has 1 amide bonds. The minimum Gasteiger partial charge on any atom is -0.463 e. The third-order valence-electron chi connectivity index (χ3n) is 3.34. The van der Waals surface area contributed by atoms with E-state index in [0.717, 1.165) is 11.5 Å². The molecule has 0 aliphatic rings. The molecule has 2 heterocycles. The van der Waals surface area contributed by atoms with Gasteiger partial charge in [0.25, 0.3) is 5.91 Å². The van der Waals surface area contributed by atoms with Crippen molar-refractivity contribution in [2.24, 2.45) is 0 Å². The van der Waals surface area contributed by atoms with Gasteiger partial charge in [-0.1, -0.05) is 37.7 Å². The van der Waals surface area contributed by atoms with E-state index in [1.54, 1.807) is 30.3 Å². The third-order valence-corrected chi connectivity index (χ3v) is 4.95. The van der Waals surface area contributed by atoms with Gasteiger partial charge in [0.2, 0.25) is 10.3 Å². The number of anilines is 1. The number of thioether (sulfide) groups is 1. The molecule has 0 bridgehead atoms. The second-order valence-corrected chi connectivity index (χ2v) is 7.98. The van der Waals surface area contributed by atoms with Crippen LogP contribution < -0.4 is 10.7 Å². The Morgan fingerprint density at radius 1 is 1.41 bits per heavy atom. The Bertz CT molecular complexity index is 1130. The molecule has 7 nitrogen and oxygen atoms in total. The number of hydrogen-bond acceptors (Lipinski definition) is 8. The minimum absolute atomic E-state index is 0.119. The van der Waals surface area contributed by atoms with Crippen LogP contribution in [0.2, 0.25) is 0 Å². The number of nitrogens with one attached hydrogen (secondary N) is 1. The summed E-state index contributed by atoms with van der Waals surface area (Å²) in [4.78, 5) is 29.0. The second kappa shape index (κ2) is 8.16. The van der Waals surface area contributed by atoms with Crippen molar-refractivity contribution >= 4 is 51.4 Å². The van der Waals surface area contributed by atoms with Gasteiger partial charge in [0.1, 0.15) is 23.5 Å². The molecule has 2 aromatic heterocycles. The number of fused-ring (bicyclic) bond motifs is 1. The van der Waals surface area contributed by atoms with E-state index in [9.17, 15) is 14.9 Å². The third kappa shape index (κ3) is 4.42. The van der Waals surface area contributed by atoms with Crippen LogP contribution in [-0.4, -0.2) is 20.5 Å². The molecule has 0 fully saturated rings. The summed E-state index contributed by atoms with van der Waals surface area (Å²) in [6, 6.07) is 8.57. The van der Waals surface area contributed by atoms with Crippen molar-refractivity contribution in [3.63, 3.8) is 0 Å². The number of carbonyl (C=O) groups excluding carboxylic acids is 1. The van der Waals surface area contributed by atoms with E-state index in [-0.39, 0.29) is 21.7 Å². The molecule has 3 rings (SSSR count). The first-order chi connectivity index (χ1) is 13.0. The molecule has 0 radical (unpaired) electrons. The molecule has 1 aromatic carbocycles. The number of nitriles is 1. The Labute approximate surface area is 162 Å². The van der Waals surface area contributed by atoms with Gasteiger partial charge in [0, 0.05) is 16.8 Å². The Morgan fingerprint density at radius 3 is 2.93 bits per heavy atom. The summed E-state index contributed by atoms with van der Waals surface area (Å²) in [6.07, 6.45) is 2.44. The summed E-state index contributed by atoms with van der Waals surface area (Å²) < 4.78 is 9.54. The standard InChI is InChI=1S/C18H14N4O3S2/c1-10(2)26-18-21-17(27-22-18)20-16(24)11(8-19)7-12-9-25-14-6-4-3-5-13(14)15(12)23/h3-7,9-10H,1-2H3,(H,20,21,22,24)/b11-7-. The van der Waals surface area contributed by atoms with Gasteiger partial charge in [0.15, 0.2) is 5.43 Å². The van der Waals surface area contributed by atoms with Crippen molar-refractivity contribution in [2.75, 3.05) is 5.32 Å². The largest absolute Gasteiger partial charge is 0.463 e. The first-order valence-corrected chi connectivity index (χ1v) is 9.57. The lowest BCUT2D eigenvalue weighted by atomic mass is 10.1. The number of hydrogen-bond donors (Lipinski definition) is 1. The summed E-state index contributed by atoms with van der Waals surface area (Å²) in [5.41, 5.74) is 0.00939. The Kier molecular flexibility index (Phi) is 5.69. The molecule has 27 heavy (non-hydrogen) atoms. The van der Waals surface area contributed by atoms with E-state index < -0.39 is 5.91 Å². The van der Waals surface area contributed by atoms with Gasteiger partial charge in [-0.3, -0.25) is 14.9 Å². The highest BCUT2D eigenvalue weighted by molar-refractivity contribution is 7.99. The average molecular weight is 398 g/mol. The molecule has 9 heteroatoms. The van der Waals surface area contributed by atoms with Crippen LogP contribution in [0, 0.1) is 11.3 Å². The van der Waals surface area contributed by atoms with Crippen molar-refractivity contribution in [3.05, 3.63) is 51.9 Å². The van der Waals surface area contributed by atoms with Crippen LogP contribution in [0.1, 0.15) is 19.4 Å². The summed E-state index contributed by atoms with van der Waals surface area (Å²) >= 11 is 2.50. The highest BCUT2D eigenvalue weighted by Gasteiger charge is 2.15. The van der Waals surface area contributed by atoms with Crippen LogP contribution in [0.4, 0.5) is 5.13 Å². The van der Waals surface area contributed by atoms with E-state index in [0.29, 0.717) is 21.4 Å². The number of aromatic nitrogens is 2. The fourth-order valence-corrected chi connectivity index (χ4v) is 3.56. The number of amides is 1. The van der Waals surface area contributed by atoms with Crippen LogP contribution in [0.5, 0.6) is 0 Å². The van der Waals surface area contributed by atoms with Crippen molar-refractivity contribution in [2.45, 2.75) is 24.3 Å². The Balaban J connectivity index is 1.85. The summed E-state index contributed by atoms with van der Waals surface area (Å²) in [5, 5.41) is 13.4. The van der Waals surface area contributed by atoms with Crippen molar-refractivity contribution in [1.29, 1.82) is 5.26 Å².